The summed E-state index contributed by atoms with van der Waals surface area (Å²) in [6.45, 7) is 4.41. The summed E-state index contributed by atoms with van der Waals surface area (Å²) in [5.41, 5.74) is 1.01. The van der Waals surface area contributed by atoms with Crippen LogP contribution < -0.4 is 9.64 Å². The van der Waals surface area contributed by atoms with Crippen molar-refractivity contribution in [3.05, 3.63) is 75.9 Å². The normalized spacial score (nSPS) is 21.5. The highest BCUT2D eigenvalue weighted by atomic mass is 79.9. The molecule has 0 bridgehead atoms. The first-order valence-electron chi connectivity index (χ1n) is 17.5. The quantitative estimate of drug-likeness (QED) is 0.184. The van der Waals surface area contributed by atoms with E-state index in [1.54, 1.807) is 0 Å². The van der Waals surface area contributed by atoms with Crippen LogP contribution in [0.3, 0.4) is 0 Å². The summed E-state index contributed by atoms with van der Waals surface area (Å²) in [5, 5.41) is 30.1. The molecule has 0 radical (unpaired) electrons. The third-order valence-electron chi connectivity index (χ3n) is 10.5. The lowest BCUT2D eigenvalue weighted by Crippen LogP contribution is -2.36. The highest BCUT2D eigenvalue weighted by Gasteiger charge is 2.44. The van der Waals surface area contributed by atoms with Crippen LogP contribution in [0.5, 0.6) is 5.75 Å². The molecule has 53 heavy (non-hydrogen) atoms. The van der Waals surface area contributed by atoms with E-state index >= 15 is 4.39 Å². The van der Waals surface area contributed by atoms with Crippen molar-refractivity contribution >= 4 is 39.9 Å². The molecule has 1 unspecified atom stereocenters. The average molecular weight is 885 g/mol. The maximum absolute atomic E-state index is 17.2. The minimum atomic E-state index is -4.61. The fraction of sp³-hybridized carbons (Fsp3) is 0.595. The molecule has 1 aromatic carbocycles. The molecular formula is C37H46Br2F6N4O4. The molecule has 2 aromatic heterocycles. The number of piperidine rings is 1. The predicted octanol–water partition coefficient (Wildman–Crippen LogP) is 8.52. The number of pyridine rings is 1. The zero-order valence-electron chi connectivity index (χ0n) is 29.5. The second-order valence-corrected chi connectivity index (χ2v) is 15.0. The van der Waals surface area contributed by atoms with Gasteiger partial charge >= 0.3 is 6.18 Å². The molecule has 3 N–H and O–H groups in total. The number of ether oxygens (including phenoxy) is 1. The van der Waals surface area contributed by atoms with Crippen molar-refractivity contribution in [1.82, 2.24) is 15.0 Å². The van der Waals surface area contributed by atoms with E-state index < -0.39 is 48.6 Å². The van der Waals surface area contributed by atoms with Crippen LogP contribution in [-0.2, 0) is 12.6 Å². The van der Waals surface area contributed by atoms with Crippen molar-refractivity contribution in [2.75, 3.05) is 31.2 Å². The molecule has 3 aliphatic rings. The number of anilines is 1. The summed E-state index contributed by atoms with van der Waals surface area (Å²) in [4.78, 5) is 15.8. The molecule has 0 amide bonds. The number of aliphatic hydroxyl groups is 3. The van der Waals surface area contributed by atoms with Gasteiger partial charge in [-0.15, -0.1) is 34.0 Å². The molecule has 1 saturated heterocycles. The van der Waals surface area contributed by atoms with Gasteiger partial charge in [0.25, 0.3) is 0 Å². The van der Waals surface area contributed by atoms with Gasteiger partial charge in [-0.3, -0.25) is 4.98 Å². The van der Waals surface area contributed by atoms with Crippen LogP contribution in [0.1, 0.15) is 122 Å². The molecule has 2 aliphatic carbocycles. The van der Waals surface area contributed by atoms with E-state index in [2.05, 4.69) is 9.97 Å². The number of nitrogens with zero attached hydrogens (tertiary/aromatic N) is 4. The molecule has 1 aliphatic heterocycles. The van der Waals surface area contributed by atoms with E-state index in [4.69, 9.17) is 14.8 Å². The number of hydrogen-bond donors (Lipinski definition) is 3. The van der Waals surface area contributed by atoms with Crippen LogP contribution in [0.4, 0.5) is 32.3 Å². The number of benzene rings is 1. The van der Waals surface area contributed by atoms with Gasteiger partial charge in [0.1, 0.15) is 12.7 Å². The van der Waals surface area contributed by atoms with Crippen molar-refractivity contribution in [2.24, 2.45) is 5.41 Å². The second-order valence-electron chi connectivity index (χ2n) is 15.0. The first-order chi connectivity index (χ1) is 24.0. The Bertz CT molecular complexity index is 1670. The Morgan fingerprint density at radius 2 is 1.55 bits per heavy atom. The smallest absolute Gasteiger partial charge is 0.416 e. The summed E-state index contributed by atoms with van der Waals surface area (Å²) in [6, 6.07) is 3.92. The van der Waals surface area contributed by atoms with Crippen molar-refractivity contribution in [3.8, 4) is 5.75 Å². The average Bonchev–Trinajstić information content (AvgIpc) is 3.09. The number of aromatic nitrogens is 3. The van der Waals surface area contributed by atoms with Crippen LogP contribution in [0, 0.1) is 5.41 Å². The Kier molecular flexibility index (Phi) is 13.9. The Balaban J connectivity index is 0.00000314. The minimum absolute atomic E-state index is 0. The summed E-state index contributed by atoms with van der Waals surface area (Å²) in [7, 11) is 0. The molecule has 1 saturated carbocycles. The number of halogens is 8. The SMILES string of the molecule is Br.Br.CC1(C)Cc2nc(C3CCN(c4ncc(OC[C@H](O)CO)cn4)CC3)c(C(F)c3ccc(C(F)(F)F)cc3)c(C3CCC(F)(F)CC3)c2[C@@H](O)C1. The van der Waals surface area contributed by atoms with Crippen LogP contribution in [0.25, 0.3) is 0 Å². The van der Waals surface area contributed by atoms with Gasteiger partial charge in [0, 0.05) is 48.7 Å². The lowest BCUT2D eigenvalue weighted by Gasteiger charge is -2.41. The lowest BCUT2D eigenvalue weighted by atomic mass is 9.68. The highest BCUT2D eigenvalue weighted by molar-refractivity contribution is 8.93. The number of fused-ring (bicyclic) bond motifs is 1. The van der Waals surface area contributed by atoms with Crippen molar-refractivity contribution in [2.45, 2.75) is 108 Å². The standard InChI is InChI=1S/C37H44F6N4O4.2BrH/c1-35(2)15-27-30(28(50)16-35)29(21-7-11-36(39,40)12-8-21)31(32(38)22-3-5-24(6-4-22)37(41,42)43)33(46-27)23-9-13-47(14-10-23)34-44-17-26(18-45-34)51-20-25(49)19-48;;/h3-6,17-18,21,23,25,28,32,48-50H,7-16,19-20H2,1-2H3;2*1H/t25-,28+,32?;;/m1../s1. The van der Waals surface area contributed by atoms with Crippen molar-refractivity contribution in [3.63, 3.8) is 0 Å². The van der Waals surface area contributed by atoms with E-state index in [0.29, 0.717) is 73.0 Å². The molecule has 294 valence electrons. The van der Waals surface area contributed by atoms with E-state index in [1.165, 1.54) is 12.4 Å². The van der Waals surface area contributed by atoms with Crippen LogP contribution in [0.2, 0.25) is 0 Å². The summed E-state index contributed by atoms with van der Waals surface area (Å²) in [6.07, 6.45) is -4.33. The molecule has 2 fully saturated rings. The van der Waals surface area contributed by atoms with Crippen molar-refractivity contribution in [1.29, 1.82) is 0 Å². The van der Waals surface area contributed by atoms with Gasteiger partial charge in [-0.05, 0) is 73.1 Å². The minimum Gasteiger partial charge on any atom is -0.488 e. The van der Waals surface area contributed by atoms with E-state index in [0.717, 1.165) is 24.3 Å². The fourth-order valence-corrected chi connectivity index (χ4v) is 7.86. The monoisotopic (exact) mass is 882 g/mol. The molecular weight excluding hydrogens is 838 g/mol. The van der Waals surface area contributed by atoms with Crippen LogP contribution in [-0.4, -0.2) is 68.6 Å². The third-order valence-corrected chi connectivity index (χ3v) is 10.5. The van der Waals surface area contributed by atoms with Crippen molar-refractivity contribution < 1.29 is 46.4 Å². The summed E-state index contributed by atoms with van der Waals surface area (Å²) in [5.74, 6) is -2.85. The maximum Gasteiger partial charge on any atom is 0.416 e. The molecule has 3 aromatic rings. The topological polar surface area (TPSA) is 112 Å². The van der Waals surface area contributed by atoms with Gasteiger partial charge in [-0.2, -0.15) is 13.2 Å². The van der Waals surface area contributed by atoms with E-state index in [-0.39, 0.29) is 88.7 Å². The number of rotatable bonds is 9. The Morgan fingerprint density at radius 1 is 0.943 bits per heavy atom. The molecule has 16 heteroatoms. The molecule has 8 nitrogen and oxygen atoms in total. The van der Waals surface area contributed by atoms with Gasteiger partial charge in [0.05, 0.1) is 36.4 Å². The predicted molar refractivity (Wildman–Crippen MR) is 197 cm³/mol. The molecule has 0 spiro atoms. The van der Waals surface area contributed by atoms with Gasteiger partial charge in [-0.25, -0.2) is 23.1 Å². The van der Waals surface area contributed by atoms with Crippen LogP contribution >= 0.6 is 34.0 Å². The van der Waals surface area contributed by atoms with Gasteiger partial charge in [-0.1, -0.05) is 26.0 Å². The summed E-state index contributed by atoms with van der Waals surface area (Å²) < 4.78 is 91.8. The first kappa shape index (κ1) is 43.2. The lowest BCUT2D eigenvalue weighted by molar-refractivity contribution is -0.137. The summed E-state index contributed by atoms with van der Waals surface area (Å²) >= 11 is 0. The molecule has 6 rings (SSSR count). The largest absolute Gasteiger partial charge is 0.488 e. The Hall–Kier alpha value is -2.53. The highest BCUT2D eigenvalue weighted by Crippen LogP contribution is 2.52. The van der Waals surface area contributed by atoms with Crippen LogP contribution in [0.15, 0.2) is 36.7 Å². The zero-order valence-corrected chi connectivity index (χ0v) is 32.9. The number of hydrogen-bond acceptors (Lipinski definition) is 8. The second kappa shape index (κ2) is 17.1. The molecule has 3 heterocycles. The number of aliphatic hydroxyl groups excluding tert-OH is 3. The van der Waals surface area contributed by atoms with Gasteiger partial charge < -0.3 is 25.0 Å². The maximum atomic E-state index is 17.2. The number of alkyl halides is 6. The zero-order chi connectivity index (χ0) is 36.7. The van der Waals surface area contributed by atoms with E-state index in [1.807, 2.05) is 18.7 Å². The molecule has 3 atom stereocenters. The Morgan fingerprint density at radius 3 is 2.11 bits per heavy atom. The Labute approximate surface area is 325 Å². The van der Waals surface area contributed by atoms with Gasteiger partial charge in [0.2, 0.25) is 11.9 Å². The third kappa shape index (κ3) is 9.83. The van der Waals surface area contributed by atoms with E-state index in [9.17, 15) is 32.2 Å². The fourth-order valence-electron chi connectivity index (χ4n) is 7.86. The van der Waals surface area contributed by atoms with Gasteiger partial charge in [0.15, 0.2) is 11.9 Å². The first-order valence-corrected chi connectivity index (χ1v) is 17.5.